The molecule has 2 heterocycles. The van der Waals surface area contributed by atoms with Crippen LogP contribution in [-0.4, -0.2) is 37.3 Å². The van der Waals surface area contributed by atoms with Crippen LogP contribution in [0.15, 0.2) is 93.2 Å². The maximum absolute atomic E-state index is 13.5. The Kier molecular flexibility index (Phi) is 9.50. The molecule has 4 rings (SSSR count). The molecule has 3 aromatic rings. The summed E-state index contributed by atoms with van der Waals surface area (Å²) >= 11 is 1.14. The van der Waals surface area contributed by atoms with Crippen LogP contribution in [-0.2, 0) is 14.3 Å². The normalized spacial score (nSPS) is 14.5. The highest BCUT2D eigenvalue weighted by Crippen LogP contribution is 2.41. The van der Waals surface area contributed by atoms with Crippen LogP contribution >= 0.6 is 11.8 Å². The van der Waals surface area contributed by atoms with Crippen LogP contribution < -0.4 is 20.7 Å². The number of thioether (sulfide) groups is 1. The van der Waals surface area contributed by atoms with Crippen molar-refractivity contribution in [1.29, 1.82) is 5.26 Å². The van der Waals surface area contributed by atoms with Crippen LogP contribution in [0.5, 0.6) is 5.75 Å². The molecule has 0 aliphatic carbocycles. The Hall–Kier alpha value is -4.95. The second kappa shape index (κ2) is 13.4. The topological polar surface area (TPSA) is 143 Å². The molecule has 1 atom stereocenters. The van der Waals surface area contributed by atoms with E-state index < -0.39 is 17.8 Å². The maximum atomic E-state index is 13.5. The van der Waals surface area contributed by atoms with E-state index in [4.69, 9.17) is 13.9 Å². The van der Waals surface area contributed by atoms with Crippen LogP contribution in [0.1, 0.15) is 35.9 Å². The van der Waals surface area contributed by atoms with Gasteiger partial charge in [0.1, 0.15) is 11.5 Å². The molecule has 3 N–H and O–H groups in total. The number of allylic oxidation sites excluding steroid dienone is 2. The van der Waals surface area contributed by atoms with Crippen LogP contribution in [0, 0.1) is 11.3 Å². The number of benzene rings is 2. The van der Waals surface area contributed by atoms with Gasteiger partial charge in [-0.2, -0.15) is 5.26 Å². The molecule has 1 aromatic heterocycles. The number of anilines is 2. The third kappa shape index (κ3) is 6.80. The average molecular weight is 573 g/mol. The number of hydrogen-bond acceptors (Lipinski definition) is 9. The molecule has 1 aliphatic heterocycles. The zero-order chi connectivity index (χ0) is 29.4. The number of carbonyl (C=O) groups is 3. The Morgan fingerprint density at radius 2 is 1.83 bits per heavy atom. The molecule has 1 unspecified atom stereocenters. The van der Waals surface area contributed by atoms with Gasteiger partial charge in [-0.05, 0) is 62.4 Å². The third-order valence-corrected chi connectivity index (χ3v) is 7.12. The van der Waals surface area contributed by atoms with E-state index in [0.717, 1.165) is 11.8 Å². The molecule has 0 spiro atoms. The maximum Gasteiger partial charge on any atom is 0.338 e. The van der Waals surface area contributed by atoms with Gasteiger partial charge in [0.05, 0.1) is 65.1 Å². The third-order valence-electron chi connectivity index (χ3n) is 6.10. The highest BCUT2D eigenvalue weighted by molar-refractivity contribution is 8.03. The lowest BCUT2D eigenvalue weighted by molar-refractivity contribution is -0.114. The predicted molar refractivity (Wildman–Crippen MR) is 155 cm³/mol. The molecule has 0 fully saturated rings. The Morgan fingerprint density at radius 1 is 1.07 bits per heavy atom. The number of amides is 2. The molecule has 10 nitrogen and oxygen atoms in total. The van der Waals surface area contributed by atoms with Crippen molar-refractivity contribution in [3.63, 3.8) is 0 Å². The molecule has 1 aliphatic rings. The summed E-state index contributed by atoms with van der Waals surface area (Å²) < 4.78 is 15.9. The molecular formula is C30H28N4O6S. The fourth-order valence-electron chi connectivity index (χ4n) is 4.24. The molecule has 2 amide bonds. The number of dihydropyridines is 1. The molecule has 210 valence electrons. The number of hydrogen-bond donors (Lipinski definition) is 3. The number of nitrogens with one attached hydrogen (secondary N) is 3. The van der Waals surface area contributed by atoms with Gasteiger partial charge < -0.3 is 29.8 Å². The first-order valence-corrected chi connectivity index (χ1v) is 13.6. The highest BCUT2D eigenvalue weighted by atomic mass is 32.2. The van der Waals surface area contributed by atoms with Gasteiger partial charge in [0.15, 0.2) is 0 Å². The fraction of sp³-hybridized carbons (Fsp3) is 0.200. The number of esters is 1. The van der Waals surface area contributed by atoms with E-state index in [-0.39, 0.29) is 29.4 Å². The monoisotopic (exact) mass is 572 g/mol. The van der Waals surface area contributed by atoms with E-state index in [1.807, 2.05) is 0 Å². The van der Waals surface area contributed by atoms with Gasteiger partial charge in [-0.25, -0.2) is 4.79 Å². The minimum Gasteiger partial charge on any atom is -0.495 e. The first-order chi connectivity index (χ1) is 19.9. The van der Waals surface area contributed by atoms with Gasteiger partial charge in [-0.15, -0.1) is 0 Å². The Labute approximate surface area is 241 Å². The fourth-order valence-corrected chi connectivity index (χ4v) is 5.13. The second-order valence-electron chi connectivity index (χ2n) is 8.76. The minimum atomic E-state index is -0.810. The Morgan fingerprint density at radius 3 is 2.49 bits per heavy atom. The lowest BCUT2D eigenvalue weighted by Crippen LogP contribution is -2.31. The van der Waals surface area contributed by atoms with E-state index in [9.17, 15) is 19.6 Å². The number of nitrogens with zero attached hydrogens (tertiary/aromatic N) is 1. The zero-order valence-electron chi connectivity index (χ0n) is 22.6. The van der Waals surface area contributed by atoms with Crippen LogP contribution in [0.2, 0.25) is 0 Å². The van der Waals surface area contributed by atoms with Gasteiger partial charge in [-0.1, -0.05) is 23.9 Å². The number of furan rings is 1. The molecule has 11 heteroatoms. The Balaban J connectivity index is 1.55. The van der Waals surface area contributed by atoms with E-state index in [1.54, 1.807) is 74.5 Å². The summed E-state index contributed by atoms with van der Waals surface area (Å²) in [5.74, 6) is -1.08. The zero-order valence-corrected chi connectivity index (χ0v) is 23.5. The Bertz CT molecular complexity index is 1540. The second-order valence-corrected chi connectivity index (χ2v) is 9.74. The summed E-state index contributed by atoms with van der Waals surface area (Å²) in [6.45, 7) is 3.70. The standard InChI is InChI=1S/C30H28N4O6S/c1-4-39-30(37)19-11-13-20(14-12-19)33-28(36)26-18(2)32-29(21(16-31)27(26)24-10-7-15-40-24)41-17-25(35)34-22-8-5-6-9-23(22)38-3/h5-15,27,32H,4,17H2,1-3H3,(H,33,36)(H,34,35). The molecular weight excluding hydrogens is 544 g/mol. The molecule has 41 heavy (non-hydrogen) atoms. The smallest absolute Gasteiger partial charge is 0.338 e. The van der Waals surface area contributed by atoms with Crippen molar-refractivity contribution in [2.75, 3.05) is 30.1 Å². The predicted octanol–water partition coefficient (Wildman–Crippen LogP) is 5.17. The summed E-state index contributed by atoms with van der Waals surface area (Å²) in [5, 5.41) is 19.4. The van der Waals surface area contributed by atoms with E-state index >= 15 is 0 Å². The van der Waals surface area contributed by atoms with Gasteiger partial charge in [0.25, 0.3) is 5.91 Å². The first-order valence-electron chi connectivity index (χ1n) is 12.7. The van der Waals surface area contributed by atoms with Gasteiger partial charge in [0, 0.05) is 11.4 Å². The van der Waals surface area contributed by atoms with Crippen molar-refractivity contribution in [3.8, 4) is 11.8 Å². The molecule has 0 bridgehead atoms. The van der Waals surface area contributed by atoms with Crippen molar-refractivity contribution in [1.82, 2.24) is 5.32 Å². The van der Waals surface area contributed by atoms with Crippen molar-refractivity contribution in [2.24, 2.45) is 0 Å². The quantitative estimate of drug-likeness (QED) is 0.280. The largest absolute Gasteiger partial charge is 0.495 e. The SMILES string of the molecule is CCOC(=O)c1ccc(NC(=O)C2=C(C)NC(SCC(=O)Nc3ccccc3OC)=C(C#N)C2c2ccco2)cc1. The number of carbonyl (C=O) groups excluding carboxylic acids is 3. The van der Waals surface area contributed by atoms with E-state index in [1.165, 1.54) is 13.4 Å². The van der Waals surface area contributed by atoms with Crippen molar-refractivity contribution < 1.29 is 28.3 Å². The summed E-state index contributed by atoms with van der Waals surface area (Å²) in [6, 6.07) is 18.9. The number of ether oxygens (including phenoxy) is 2. The minimum absolute atomic E-state index is 0.00192. The number of para-hydroxylation sites is 2. The summed E-state index contributed by atoms with van der Waals surface area (Å²) in [4.78, 5) is 38.2. The molecule has 0 saturated heterocycles. The van der Waals surface area contributed by atoms with Gasteiger partial charge >= 0.3 is 5.97 Å². The van der Waals surface area contributed by atoms with Crippen LogP contribution in [0.4, 0.5) is 11.4 Å². The summed E-state index contributed by atoms with van der Waals surface area (Å²) in [6.07, 6.45) is 1.47. The first kappa shape index (κ1) is 29.0. The van der Waals surface area contributed by atoms with Crippen molar-refractivity contribution >= 4 is 40.9 Å². The summed E-state index contributed by atoms with van der Waals surface area (Å²) in [5.41, 5.74) is 2.37. The van der Waals surface area contributed by atoms with E-state index in [0.29, 0.717) is 39.2 Å². The lowest BCUT2D eigenvalue weighted by atomic mass is 9.85. The molecule has 2 aromatic carbocycles. The van der Waals surface area contributed by atoms with E-state index in [2.05, 4.69) is 22.0 Å². The van der Waals surface area contributed by atoms with Crippen LogP contribution in [0.3, 0.4) is 0 Å². The van der Waals surface area contributed by atoms with Crippen molar-refractivity contribution in [3.05, 3.63) is 100 Å². The number of rotatable bonds is 10. The summed E-state index contributed by atoms with van der Waals surface area (Å²) in [7, 11) is 1.52. The van der Waals surface area contributed by atoms with Gasteiger partial charge in [-0.3, -0.25) is 9.59 Å². The number of methoxy groups -OCH3 is 1. The average Bonchev–Trinajstić information content (AvgIpc) is 3.51. The van der Waals surface area contributed by atoms with Crippen molar-refractivity contribution in [2.45, 2.75) is 19.8 Å². The highest BCUT2D eigenvalue weighted by Gasteiger charge is 2.36. The molecule has 0 saturated carbocycles. The number of nitriles is 1. The molecule has 0 radical (unpaired) electrons. The lowest BCUT2D eigenvalue weighted by Gasteiger charge is -2.28. The van der Waals surface area contributed by atoms with Crippen LogP contribution in [0.25, 0.3) is 0 Å². The van der Waals surface area contributed by atoms with Gasteiger partial charge in [0.2, 0.25) is 5.91 Å².